The van der Waals surface area contributed by atoms with Crippen molar-refractivity contribution in [2.45, 2.75) is 6.92 Å². The van der Waals surface area contributed by atoms with Gasteiger partial charge in [0.2, 0.25) is 0 Å². The van der Waals surface area contributed by atoms with Crippen LogP contribution in [-0.2, 0) is 0 Å². The number of carboxylic acids is 1. The number of hydrogen-bond donors (Lipinski definition) is 3. The Labute approximate surface area is 119 Å². The molecule has 2 aromatic carbocycles. The molecule has 0 saturated heterocycles. The topological polar surface area (TPSA) is 113 Å². The van der Waals surface area contributed by atoms with Crippen LogP contribution in [0.2, 0.25) is 0 Å². The molecule has 0 aromatic heterocycles. The first-order chi connectivity index (χ1) is 9.88. The fourth-order valence-electron chi connectivity index (χ4n) is 1.83. The Hall–Kier alpha value is -3.09. The average Bonchev–Trinajstić information content (AvgIpc) is 2.42. The Morgan fingerprint density at radius 3 is 2.52 bits per heavy atom. The van der Waals surface area contributed by atoms with Crippen LogP contribution >= 0.6 is 0 Å². The summed E-state index contributed by atoms with van der Waals surface area (Å²) in [5.41, 5.74) is 0.797. The van der Waals surface area contributed by atoms with Gasteiger partial charge in [0.15, 0.2) is 0 Å². The largest absolute Gasteiger partial charge is 0.506 e. The molecular formula is C14H12N2O5. The normalized spacial score (nSPS) is 10.1. The lowest BCUT2D eigenvalue weighted by Gasteiger charge is -2.11. The quantitative estimate of drug-likeness (QED) is 0.452. The molecule has 0 aliphatic rings. The Balaban J connectivity index is 2.46. The van der Waals surface area contributed by atoms with Crippen molar-refractivity contribution in [3.63, 3.8) is 0 Å². The van der Waals surface area contributed by atoms with Gasteiger partial charge in [0.1, 0.15) is 5.75 Å². The number of nitrogens with one attached hydrogen (secondary N) is 1. The molecule has 0 spiro atoms. The molecule has 3 N–H and O–H groups in total. The van der Waals surface area contributed by atoms with Gasteiger partial charge in [-0.05, 0) is 30.7 Å². The molecule has 21 heavy (non-hydrogen) atoms. The van der Waals surface area contributed by atoms with Gasteiger partial charge in [-0.15, -0.1) is 0 Å². The molecule has 0 aliphatic heterocycles. The molecule has 2 aromatic rings. The van der Waals surface area contributed by atoms with Crippen LogP contribution in [0.15, 0.2) is 36.4 Å². The lowest BCUT2D eigenvalue weighted by molar-refractivity contribution is -0.384. The third-order valence-electron chi connectivity index (χ3n) is 2.87. The summed E-state index contributed by atoms with van der Waals surface area (Å²) in [5, 5.41) is 32.4. The zero-order valence-corrected chi connectivity index (χ0v) is 11.0. The van der Waals surface area contributed by atoms with Crippen molar-refractivity contribution in [1.82, 2.24) is 0 Å². The van der Waals surface area contributed by atoms with Crippen LogP contribution in [0.25, 0.3) is 0 Å². The van der Waals surface area contributed by atoms with Gasteiger partial charge in [0, 0.05) is 12.1 Å². The average molecular weight is 288 g/mol. The maximum absolute atomic E-state index is 11.2. The first kappa shape index (κ1) is 14.3. The predicted octanol–water partition coefficient (Wildman–Crippen LogP) is 3.05. The number of aromatic hydroxyl groups is 1. The second-order valence-electron chi connectivity index (χ2n) is 4.44. The minimum atomic E-state index is -1.30. The Kier molecular flexibility index (Phi) is 3.75. The first-order valence-corrected chi connectivity index (χ1v) is 5.97. The fraction of sp³-hybridized carbons (Fsp3) is 0.0714. The number of aryl methyl sites for hydroxylation is 1. The summed E-state index contributed by atoms with van der Waals surface area (Å²) < 4.78 is 0. The summed E-state index contributed by atoms with van der Waals surface area (Å²) >= 11 is 0. The SMILES string of the molecule is Cc1ccc(O)c(Nc2ccc([N+](=O)[O-])cc2C(=O)O)c1. The zero-order chi connectivity index (χ0) is 15.6. The van der Waals surface area contributed by atoms with E-state index in [1.54, 1.807) is 12.1 Å². The molecule has 0 fully saturated rings. The molecule has 0 aliphatic carbocycles. The van der Waals surface area contributed by atoms with Crippen LogP contribution < -0.4 is 5.32 Å². The Morgan fingerprint density at radius 2 is 1.90 bits per heavy atom. The van der Waals surface area contributed by atoms with Gasteiger partial charge in [-0.3, -0.25) is 10.1 Å². The standard InChI is InChI=1S/C14H12N2O5/c1-8-2-5-13(17)12(6-8)15-11-4-3-9(16(20)21)7-10(11)14(18)19/h2-7,15,17H,1H3,(H,18,19). The number of nitrogens with zero attached hydrogens (tertiary/aromatic N) is 1. The molecule has 0 heterocycles. The zero-order valence-electron chi connectivity index (χ0n) is 11.0. The number of carbonyl (C=O) groups is 1. The monoisotopic (exact) mass is 288 g/mol. The molecule has 0 atom stereocenters. The van der Waals surface area contributed by atoms with E-state index in [0.717, 1.165) is 11.6 Å². The third-order valence-corrected chi connectivity index (χ3v) is 2.87. The summed E-state index contributed by atoms with van der Waals surface area (Å²) in [4.78, 5) is 21.2. The highest BCUT2D eigenvalue weighted by Crippen LogP contribution is 2.30. The molecule has 0 saturated carbocycles. The van der Waals surface area contributed by atoms with Crippen molar-refractivity contribution >= 4 is 23.0 Å². The number of nitro benzene ring substituents is 1. The van der Waals surface area contributed by atoms with Crippen molar-refractivity contribution in [2.24, 2.45) is 0 Å². The van der Waals surface area contributed by atoms with Crippen molar-refractivity contribution in [2.75, 3.05) is 5.32 Å². The number of rotatable bonds is 4. The lowest BCUT2D eigenvalue weighted by atomic mass is 10.1. The number of nitro groups is 1. The van der Waals surface area contributed by atoms with Crippen molar-refractivity contribution in [3.05, 3.63) is 57.6 Å². The van der Waals surface area contributed by atoms with Gasteiger partial charge in [0.05, 0.1) is 21.9 Å². The van der Waals surface area contributed by atoms with E-state index < -0.39 is 10.9 Å². The van der Waals surface area contributed by atoms with Crippen LogP contribution in [0.1, 0.15) is 15.9 Å². The number of non-ortho nitro benzene ring substituents is 1. The molecule has 108 valence electrons. The molecule has 0 radical (unpaired) electrons. The van der Waals surface area contributed by atoms with Crippen LogP contribution in [0.3, 0.4) is 0 Å². The maximum Gasteiger partial charge on any atom is 0.338 e. The summed E-state index contributed by atoms with van der Waals surface area (Å²) in [7, 11) is 0. The number of carboxylic acid groups (broad SMARTS) is 1. The highest BCUT2D eigenvalue weighted by atomic mass is 16.6. The van der Waals surface area contributed by atoms with Crippen molar-refractivity contribution < 1.29 is 19.9 Å². The number of hydrogen-bond acceptors (Lipinski definition) is 5. The Morgan fingerprint density at radius 1 is 1.19 bits per heavy atom. The first-order valence-electron chi connectivity index (χ1n) is 5.97. The summed E-state index contributed by atoms with van der Waals surface area (Å²) in [5.74, 6) is -1.34. The number of anilines is 2. The van der Waals surface area contributed by atoms with Crippen molar-refractivity contribution in [3.8, 4) is 5.75 Å². The molecule has 7 heteroatoms. The second-order valence-corrected chi connectivity index (χ2v) is 4.44. The molecule has 0 amide bonds. The van der Waals surface area contributed by atoms with Gasteiger partial charge in [0.25, 0.3) is 5.69 Å². The summed E-state index contributed by atoms with van der Waals surface area (Å²) in [6, 6.07) is 8.28. The van der Waals surface area contributed by atoms with Crippen LogP contribution in [-0.4, -0.2) is 21.1 Å². The van der Waals surface area contributed by atoms with Gasteiger partial charge in [-0.1, -0.05) is 6.07 Å². The summed E-state index contributed by atoms with van der Waals surface area (Å²) in [6.45, 7) is 1.82. The van der Waals surface area contributed by atoms with E-state index >= 15 is 0 Å². The molecule has 7 nitrogen and oxygen atoms in total. The van der Waals surface area contributed by atoms with Gasteiger partial charge >= 0.3 is 5.97 Å². The molecular weight excluding hydrogens is 276 g/mol. The van der Waals surface area contributed by atoms with Crippen molar-refractivity contribution in [1.29, 1.82) is 0 Å². The van der Waals surface area contributed by atoms with Gasteiger partial charge in [-0.2, -0.15) is 0 Å². The van der Waals surface area contributed by atoms with E-state index in [2.05, 4.69) is 5.32 Å². The highest BCUT2D eigenvalue weighted by molar-refractivity contribution is 5.96. The maximum atomic E-state index is 11.2. The van der Waals surface area contributed by atoms with Crippen LogP contribution in [0.5, 0.6) is 5.75 Å². The Bertz CT molecular complexity index is 727. The predicted molar refractivity (Wildman–Crippen MR) is 76.2 cm³/mol. The lowest BCUT2D eigenvalue weighted by Crippen LogP contribution is -2.04. The number of phenolic OH excluding ortho intramolecular Hbond substituents is 1. The van der Waals surface area contributed by atoms with Crippen LogP contribution in [0.4, 0.5) is 17.1 Å². The van der Waals surface area contributed by atoms with E-state index in [9.17, 15) is 20.0 Å². The molecule has 2 rings (SSSR count). The van der Waals surface area contributed by atoms with E-state index in [1.165, 1.54) is 18.2 Å². The molecule has 0 unspecified atom stereocenters. The smallest absolute Gasteiger partial charge is 0.338 e. The minimum Gasteiger partial charge on any atom is -0.506 e. The fourth-order valence-corrected chi connectivity index (χ4v) is 1.83. The number of phenols is 1. The third kappa shape index (κ3) is 3.08. The molecule has 0 bridgehead atoms. The van der Waals surface area contributed by atoms with E-state index in [-0.39, 0.29) is 22.7 Å². The van der Waals surface area contributed by atoms with E-state index in [0.29, 0.717) is 5.69 Å². The van der Waals surface area contributed by atoms with Gasteiger partial charge in [-0.25, -0.2) is 4.79 Å². The number of benzene rings is 2. The van der Waals surface area contributed by atoms with Crippen LogP contribution in [0, 0.1) is 17.0 Å². The van der Waals surface area contributed by atoms with E-state index in [1.807, 2.05) is 6.92 Å². The second kappa shape index (κ2) is 5.49. The highest BCUT2D eigenvalue weighted by Gasteiger charge is 2.16. The van der Waals surface area contributed by atoms with Gasteiger partial charge < -0.3 is 15.5 Å². The number of aromatic carboxylic acids is 1. The minimum absolute atomic E-state index is 0.0460. The summed E-state index contributed by atoms with van der Waals surface area (Å²) in [6.07, 6.45) is 0. The van der Waals surface area contributed by atoms with E-state index in [4.69, 9.17) is 5.11 Å².